The van der Waals surface area contributed by atoms with Crippen LogP contribution in [-0.2, 0) is 14.9 Å². The van der Waals surface area contributed by atoms with Gasteiger partial charge in [0, 0.05) is 12.5 Å². The molecule has 0 saturated heterocycles. The molecule has 1 amide bonds. The van der Waals surface area contributed by atoms with Gasteiger partial charge in [-0.2, -0.15) is 0 Å². The number of amides is 1. The molecule has 0 aromatic rings. The predicted octanol–water partition coefficient (Wildman–Crippen LogP) is 5.50. The molecular weight excluding hydrogens is 486 g/mol. The van der Waals surface area contributed by atoms with E-state index >= 15 is 0 Å². The van der Waals surface area contributed by atoms with Crippen molar-refractivity contribution in [1.82, 2.24) is 5.32 Å². The summed E-state index contributed by atoms with van der Waals surface area (Å²) in [5.41, 5.74) is 0.737. The molecule has 4 aliphatic carbocycles. The Morgan fingerprint density at radius 3 is 2.35 bits per heavy atom. The molecule has 0 aromatic heterocycles. The standard InChI is InChI=1S/C30H53NO5S/c1-19(2)16-22(18-37(34,35)36)31-28(33)11-6-20(3)25-9-10-26-24-8-7-21-17-23(32)12-14-29(21,4)27(24)13-15-30(25,26)5/h19-27,32H,6-18H2,1-5H3,(H,31,33)(H,34,35,36)/p-1/t20-,21-,22-,23-,24+,25-,26+,27+,29+,30-/m1/s1. The Balaban J connectivity index is 1.35. The van der Waals surface area contributed by atoms with Gasteiger partial charge < -0.3 is 15.0 Å². The zero-order chi connectivity index (χ0) is 27.2. The maximum absolute atomic E-state index is 12.8. The normalized spacial score (nSPS) is 41.4. The van der Waals surface area contributed by atoms with Crippen molar-refractivity contribution >= 4 is 16.0 Å². The van der Waals surface area contributed by atoms with Gasteiger partial charge in [-0.15, -0.1) is 0 Å². The molecule has 2 N–H and O–H groups in total. The van der Waals surface area contributed by atoms with Crippen LogP contribution in [0, 0.1) is 52.3 Å². The summed E-state index contributed by atoms with van der Waals surface area (Å²) in [5.74, 6) is 3.67. The third kappa shape index (κ3) is 6.24. The maximum atomic E-state index is 12.8. The van der Waals surface area contributed by atoms with Crippen LogP contribution < -0.4 is 5.32 Å². The molecule has 0 unspecified atom stereocenters. The zero-order valence-corrected chi connectivity index (χ0v) is 24.7. The highest BCUT2D eigenvalue weighted by Crippen LogP contribution is 2.68. The van der Waals surface area contributed by atoms with Crippen molar-refractivity contribution < 1.29 is 22.9 Å². The summed E-state index contributed by atoms with van der Waals surface area (Å²) >= 11 is 0. The van der Waals surface area contributed by atoms with Gasteiger partial charge in [0.05, 0.1) is 22.0 Å². The number of hydrogen-bond acceptors (Lipinski definition) is 5. The highest BCUT2D eigenvalue weighted by atomic mass is 32.2. The average molecular weight is 539 g/mol. The molecule has 0 aromatic carbocycles. The summed E-state index contributed by atoms with van der Waals surface area (Å²) in [6.07, 6.45) is 12.5. The largest absolute Gasteiger partial charge is 0.748 e. The average Bonchev–Trinajstić information content (AvgIpc) is 3.13. The molecule has 10 atom stereocenters. The Labute approximate surface area is 225 Å². The summed E-state index contributed by atoms with van der Waals surface area (Å²) in [4.78, 5) is 12.8. The molecule has 0 spiro atoms. The van der Waals surface area contributed by atoms with E-state index in [1.54, 1.807) is 0 Å². The molecule has 0 heterocycles. The zero-order valence-electron chi connectivity index (χ0n) is 23.9. The van der Waals surface area contributed by atoms with Gasteiger partial charge in [-0.25, -0.2) is 8.42 Å². The fraction of sp³-hybridized carbons (Fsp3) is 0.967. The number of carbonyl (C=O) groups excluding carboxylic acids is 1. The number of fused-ring (bicyclic) bond motifs is 5. The fourth-order valence-electron chi connectivity index (χ4n) is 10.1. The fourth-order valence-corrected chi connectivity index (χ4v) is 10.8. The van der Waals surface area contributed by atoms with Gasteiger partial charge in [-0.3, -0.25) is 4.79 Å². The third-order valence-corrected chi connectivity index (χ3v) is 12.6. The predicted molar refractivity (Wildman–Crippen MR) is 146 cm³/mol. The summed E-state index contributed by atoms with van der Waals surface area (Å²) in [6, 6.07) is -0.605. The number of carbonyl (C=O) groups is 1. The van der Waals surface area contributed by atoms with Crippen molar-refractivity contribution in [2.24, 2.45) is 52.3 Å². The van der Waals surface area contributed by atoms with Crippen molar-refractivity contribution in [2.75, 3.05) is 5.75 Å². The first-order valence-electron chi connectivity index (χ1n) is 15.1. The van der Waals surface area contributed by atoms with E-state index in [2.05, 4.69) is 26.1 Å². The molecule has 7 heteroatoms. The first-order valence-corrected chi connectivity index (χ1v) is 16.7. The number of aliphatic hydroxyl groups is 1. The topological polar surface area (TPSA) is 107 Å². The summed E-state index contributed by atoms with van der Waals surface area (Å²) < 4.78 is 33.9. The summed E-state index contributed by atoms with van der Waals surface area (Å²) in [6.45, 7) is 11.3. The van der Waals surface area contributed by atoms with Gasteiger partial charge in [0.1, 0.15) is 0 Å². The van der Waals surface area contributed by atoms with Gasteiger partial charge in [0.15, 0.2) is 0 Å². The third-order valence-electron chi connectivity index (χ3n) is 11.8. The lowest BCUT2D eigenvalue weighted by Crippen LogP contribution is -2.54. The van der Waals surface area contributed by atoms with E-state index in [0.29, 0.717) is 41.4 Å². The molecule has 214 valence electrons. The highest BCUT2D eigenvalue weighted by molar-refractivity contribution is 7.85. The smallest absolute Gasteiger partial charge is 0.220 e. The minimum atomic E-state index is -4.38. The lowest BCUT2D eigenvalue weighted by Gasteiger charge is -2.61. The quantitative estimate of drug-likeness (QED) is 0.377. The Morgan fingerprint density at radius 1 is 1.00 bits per heavy atom. The Morgan fingerprint density at radius 2 is 1.68 bits per heavy atom. The van der Waals surface area contributed by atoms with Gasteiger partial charge in [-0.1, -0.05) is 34.6 Å². The number of nitrogens with one attached hydrogen (secondary N) is 1. The molecule has 4 saturated carbocycles. The number of aliphatic hydroxyl groups excluding tert-OH is 1. The van der Waals surface area contributed by atoms with Gasteiger partial charge in [0.25, 0.3) is 0 Å². The van der Waals surface area contributed by atoms with Crippen LogP contribution in [0.25, 0.3) is 0 Å². The van der Waals surface area contributed by atoms with Crippen molar-refractivity contribution in [1.29, 1.82) is 0 Å². The molecule has 6 nitrogen and oxygen atoms in total. The first-order chi connectivity index (χ1) is 17.2. The van der Waals surface area contributed by atoms with Crippen molar-refractivity contribution in [3.05, 3.63) is 0 Å². The van der Waals surface area contributed by atoms with E-state index in [0.717, 1.165) is 37.0 Å². The summed E-state index contributed by atoms with van der Waals surface area (Å²) in [5, 5.41) is 13.2. The number of hydrogen-bond donors (Lipinski definition) is 2. The van der Waals surface area contributed by atoms with E-state index < -0.39 is 21.9 Å². The van der Waals surface area contributed by atoms with Crippen LogP contribution in [0.15, 0.2) is 0 Å². The SMILES string of the molecule is CC(C)C[C@H](CS(=O)(=O)[O-])NC(=O)CC[C@@H](C)[C@H]1CC[C@H]2[C@@H]3CC[C@@H]4C[C@H](O)CC[C@]4(C)[C@H]3CC[C@]12C. The van der Waals surface area contributed by atoms with Crippen molar-refractivity contribution in [2.45, 2.75) is 124 Å². The lowest BCUT2D eigenvalue weighted by molar-refractivity contribution is -0.130. The van der Waals surface area contributed by atoms with Crippen LogP contribution >= 0.6 is 0 Å². The lowest BCUT2D eigenvalue weighted by atomic mass is 9.44. The summed E-state index contributed by atoms with van der Waals surface area (Å²) in [7, 11) is -4.38. The second-order valence-corrected chi connectivity index (χ2v) is 15.9. The maximum Gasteiger partial charge on any atom is 0.220 e. The van der Waals surface area contributed by atoms with Crippen LogP contribution in [-0.4, -0.2) is 41.9 Å². The van der Waals surface area contributed by atoms with Crippen molar-refractivity contribution in [3.8, 4) is 0 Å². The number of rotatable bonds is 9. The molecule has 0 radical (unpaired) electrons. The van der Waals surface area contributed by atoms with Gasteiger partial charge in [0.2, 0.25) is 5.91 Å². The van der Waals surface area contributed by atoms with E-state index in [1.165, 1.54) is 44.9 Å². The molecule has 0 aliphatic heterocycles. The molecule has 37 heavy (non-hydrogen) atoms. The minimum absolute atomic E-state index is 0.0947. The molecular formula is C30H52NO5S-. The van der Waals surface area contributed by atoms with E-state index in [-0.39, 0.29) is 17.9 Å². The first kappa shape index (κ1) is 29.3. The van der Waals surface area contributed by atoms with Crippen molar-refractivity contribution in [3.63, 3.8) is 0 Å². The Kier molecular flexibility index (Phi) is 8.78. The monoisotopic (exact) mass is 538 g/mol. The second kappa shape index (κ2) is 11.1. The molecule has 4 rings (SSSR count). The van der Waals surface area contributed by atoms with Crippen LogP contribution in [0.1, 0.15) is 112 Å². The van der Waals surface area contributed by atoms with Crippen LogP contribution in [0.5, 0.6) is 0 Å². The van der Waals surface area contributed by atoms with Crippen LogP contribution in [0.3, 0.4) is 0 Å². The van der Waals surface area contributed by atoms with Crippen LogP contribution in [0.4, 0.5) is 0 Å². The van der Waals surface area contributed by atoms with E-state index in [9.17, 15) is 22.9 Å². The highest BCUT2D eigenvalue weighted by Gasteiger charge is 2.60. The van der Waals surface area contributed by atoms with E-state index in [4.69, 9.17) is 0 Å². The minimum Gasteiger partial charge on any atom is -0.748 e. The second-order valence-electron chi connectivity index (χ2n) is 14.4. The Bertz CT molecular complexity index is 921. The van der Waals surface area contributed by atoms with E-state index in [1.807, 2.05) is 13.8 Å². The van der Waals surface area contributed by atoms with Crippen LogP contribution in [0.2, 0.25) is 0 Å². The molecule has 4 aliphatic rings. The Hall–Kier alpha value is -0.660. The van der Waals surface area contributed by atoms with Gasteiger partial charge in [-0.05, 0) is 123 Å². The molecule has 4 fully saturated rings. The van der Waals surface area contributed by atoms with Gasteiger partial charge >= 0.3 is 0 Å². The molecule has 0 bridgehead atoms.